The van der Waals surface area contributed by atoms with Crippen LogP contribution in [0.25, 0.3) is 17.1 Å². The monoisotopic (exact) mass is 347 g/mol. The highest BCUT2D eigenvalue weighted by Crippen LogP contribution is 2.33. The number of benzene rings is 2. The lowest BCUT2D eigenvalue weighted by Crippen LogP contribution is -2.23. The zero-order chi connectivity index (χ0) is 17.3. The Kier molecular flexibility index (Phi) is 3.83. The molecule has 3 rings (SSSR count). The van der Waals surface area contributed by atoms with Crippen LogP contribution in [-0.2, 0) is 10.2 Å². The van der Waals surface area contributed by atoms with E-state index in [2.05, 4.69) is 14.9 Å². The summed E-state index contributed by atoms with van der Waals surface area (Å²) in [5.74, 6) is -0.317. The van der Waals surface area contributed by atoms with Gasteiger partial charge in [0.1, 0.15) is 11.5 Å². The van der Waals surface area contributed by atoms with E-state index in [-0.39, 0.29) is 28.8 Å². The number of hydrogen-bond donors (Lipinski definition) is 4. The van der Waals surface area contributed by atoms with Crippen molar-refractivity contribution in [2.75, 3.05) is 4.72 Å². The molecule has 24 heavy (non-hydrogen) atoms. The second kappa shape index (κ2) is 5.83. The van der Waals surface area contributed by atoms with E-state index in [9.17, 15) is 18.6 Å². The minimum Gasteiger partial charge on any atom is -0.508 e. The average Bonchev–Trinajstić information content (AvgIpc) is 2.89. The molecule has 2 aromatic carbocycles. The quantitative estimate of drug-likeness (QED) is 0.553. The zero-order valence-corrected chi connectivity index (χ0v) is 13.0. The van der Waals surface area contributed by atoms with Crippen molar-refractivity contribution in [2.24, 2.45) is 5.14 Å². The van der Waals surface area contributed by atoms with Crippen LogP contribution in [0.4, 0.5) is 5.95 Å². The maximum Gasteiger partial charge on any atom is 0.298 e. The third-order valence-corrected chi connectivity index (χ3v) is 3.60. The molecule has 0 aliphatic heterocycles. The Morgan fingerprint density at radius 3 is 2.38 bits per heavy atom. The third-order valence-electron chi connectivity index (χ3n) is 3.13. The van der Waals surface area contributed by atoms with E-state index in [4.69, 9.17) is 5.14 Å². The van der Waals surface area contributed by atoms with Gasteiger partial charge in [-0.25, -0.2) is 9.86 Å². The average molecular weight is 347 g/mol. The molecule has 124 valence electrons. The van der Waals surface area contributed by atoms with Gasteiger partial charge in [-0.2, -0.15) is 8.42 Å². The van der Waals surface area contributed by atoms with Crippen molar-refractivity contribution in [2.45, 2.75) is 0 Å². The summed E-state index contributed by atoms with van der Waals surface area (Å²) in [4.78, 5) is 0. The second-order valence-electron chi connectivity index (χ2n) is 4.87. The first kappa shape index (κ1) is 15.8. The number of phenols is 2. The molecule has 0 amide bonds. The Hall–Kier alpha value is -3.11. The maximum absolute atomic E-state index is 11.3. The molecule has 0 aliphatic carbocycles. The van der Waals surface area contributed by atoms with Crippen molar-refractivity contribution < 1.29 is 18.6 Å². The van der Waals surface area contributed by atoms with Gasteiger partial charge in [0.2, 0.25) is 5.95 Å². The van der Waals surface area contributed by atoms with Crippen LogP contribution in [0.3, 0.4) is 0 Å². The molecule has 1 aromatic heterocycles. The molecule has 0 saturated heterocycles. The van der Waals surface area contributed by atoms with Crippen molar-refractivity contribution in [3.63, 3.8) is 0 Å². The number of hydrogen-bond acceptors (Lipinski definition) is 6. The van der Waals surface area contributed by atoms with Gasteiger partial charge in [0.15, 0.2) is 5.82 Å². The van der Waals surface area contributed by atoms with Crippen molar-refractivity contribution in [1.29, 1.82) is 0 Å². The minimum atomic E-state index is -4.07. The van der Waals surface area contributed by atoms with Crippen LogP contribution in [0, 0.1) is 0 Å². The largest absolute Gasteiger partial charge is 0.508 e. The Bertz CT molecular complexity index is 986. The lowest BCUT2D eigenvalue weighted by atomic mass is 10.1. The van der Waals surface area contributed by atoms with E-state index in [0.717, 1.165) is 6.07 Å². The molecule has 0 atom stereocenters. The molecule has 0 spiro atoms. The van der Waals surface area contributed by atoms with Crippen molar-refractivity contribution >= 4 is 16.2 Å². The predicted molar refractivity (Wildman–Crippen MR) is 86.9 cm³/mol. The molecule has 0 unspecified atom stereocenters. The van der Waals surface area contributed by atoms with Crippen molar-refractivity contribution in [1.82, 2.24) is 14.8 Å². The van der Waals surface area contributed by atoms with E-state index in [1.807, 2.05) is 0 Å². The molecular formula is C14H13N5O4S. The van der Waals surface area contributed by atoms with E-state index in [1.54, 1.807) is 30.3 Å². The van der Waals surface area contributed by atoms with Gasteiger partial charge < -0.3 is 10.2 Å². The Balaban J connectivity index is 2.24. The normalized spacial score (nSPS) is 11.4. The third kappa shape index (κ3) is 3.14. The topological polar surface area (TPSA) is 143 Å². The lowest BCUT2D eigenvalue weighted by Gasteiger charge is -2.11. The molecule has 1 heterocycles. The Morgan fingerprint density at radius 1 is 1.04 bits per heavy atom. The van der Waals surface area contributed by atoms with Gasteiger partial charge in [0.05, 0.1) is 11.3 Å². The van der Waals surface area contributed by atoms with Gasteiger partial charge in [-0.15, -0.1) is 10.2 Å². The summed E-state index contributed by atoms with van der Waals surface area (Å²) in [6, 6.07) is 12.6. The van der Waals surface area contributed by atoms with Gasteiger partial charge in [-0.3, -0.25) is 4.57 Å². The van der Waals surface area contributed by atoms with Crippen LogP contribution in [0.1, 0.15) is 0 Å². The second-order valence-corrected chi connectivity index (χ2v) is 6.16. The smallest absolute Gasteiger partial charge is 0.298 e. The molecule has 5 N–H and O–H groups in total. The van der Waals surface area contributed by atoms with Crippen molar-refractivity contribution in [3.8, 4) is 28.6 Å². The highest BCUT2D eigenvalue weighted by molar-refractivity contribution is 7.90. The van der Waals surface area contributed by atoms with Gasteiger partial charge in [0.25, 0.3) is 10.2 Å². The van der Waals surface area contributed by atoms with Crippen LogP contribution in [-0.4, -0.2) is 33.4 Å². The standard InChI is InChI=1S/C14H13N5O4S/c15-24(22,23)18-14-17-16-13(11-7-6-10(20)8-12(11)21)19(14)9-4-2-1-3-5-9/h1-8,20-21H,(H,17,18)(H2,15,22,23). The van der Waals surface area contributed by atoms with Gasteiger partial charge in [-0.05, 0) is 24.3 Å². The molecule has 3 aromatic rings. The van der Waals surface area contributed by atoms with Crippen LogP contribution in [0.5, 0.6) is 11.5 Å². The van der Waals surface area contributed by atoms with Gasteiger partial charge >= 0.3 is 0 Å². The molecule has 0 fully saturated rings. The SMILES string of the molecule is NS(=O)(=O)Nc1nnc(-c2ccc(O)cc2O)n1-c1ccccc1. The first-order valence-corrected chi connectivity index (χ1v) is 8.23. The highest BCUT2D eigenvalue weighted by Gasteiger charge is 2.20. The number of nitrogens with zero attached hydrogens (tertiary/aromatic N) is 3. The Morgan fingerprint density at radius 2 is 1.75 bits per heavy atom. The van der Waals surface area contributed by atoms with Crippen molar-refractivity contribution in [3.05, 3.63) is 48.5 Å². The van der Waals surface area contributed by atoms with Crippen LogP contribution in [0.2, 0.25) is 0 Å². The molecule has 0 bridgehead atoms. The predicted octanol–water partition coefficient (Wildman–Crippen LogP) is 0.961. The fourth-order valence-electron chi connectivity index (χ4n) is 2.18. The number of aromatic hydroxyl groups is 2. The maximum atomic E-state index is 11.3. The van der Waals surface area contributed by atoms with E-state index in [0.29, 0.717) is 5.69 Å². The lowest BCUT2D eigenvalue weighted by molar-refractivity contribution is 0.451. The summed E-state index contributed by atoms with van der Waals surface area (Å²) in [6.07, 6.45) is 0. The number of rotatable bonds is 4. The van der Waals surface area contributed by atoms with Gasteiger partial charge in [-0.1, -0.05) is 18.2 Å². The number of aromatic nitrogens is 3. The van der Waals surface area contributed by atoms with Crippen LogP contribution < -0.4 is 9.86 Å². The zero-order valence-electron chi connectivity index (χ0n) is 12.2. The fourth-order valence-corrected chi connectivity index (χ4v) is 2.57. The van der Waals surface area contributed by atoms with Crippen LogP contribution >= 0.6 is 0 Å². The summed E-state index contributed by atoms with van der Waals surface area (Å²) >= 11 is 0. The number of nitrogens with two attached hydrogens (primary N) is 1. The molecule has 0 saturated carbocycles. The van der Waals surface area contributed by atoms with Gasteiger partial charge in [0, 0.05) is 6.07 Å². The van der Waals surface area contributed by atoms with Crippen LogP contribution in [0.15, 0.2) is 48.5 Å². The molecule has 9 nitrogen and oxygen atoms in total. The first-order valence-electron chi connectivity index (χ1n) is 6.69. The number of nitrogens with one attached hydrogen (secondary N) is 1. The number of phenolic OH excluding ortho intramolecular Hbond substituents is 2. The highest BCUT2D eigenvalue weighted by atomic mass is 32.2. The summed E-state index contributed by atoms with van der Waals surface area (Å²) in [6.45, 7) is 0. The van der Waals surface area contributed by atoms with E-state index < -0.39 is 10.2 Å². The Labute approximate surface area is 137 Å². The van der Waals surface area contributed by atoms with E-state index in [1.165, 1.54) is 16.7 Å². The molecule has 0 radical (unpaired) electrons. The molecule has 0 aliphatic rings. The summed E-state index contributed by atoms with van der Waals surface area (Å²) in [7, 11) is -4.07. The summed E-state index contributed by atoms with van der Waals surface area (Å²) < 4.78 is 26.2. The minimum absolute atomic E-state index is 0.120. The summed E-state index contributed by atoms with van der Waals surface area (Å²) in [5, 5.41) is 32.2. The molecular weight excluding hydrogens is 334 g/mol. The number of anilines is 1. The first-order chi connectivity index (χ1) is 11.3. The molecule has 10 heteroatoms. The van der Waals surface area contributed by atoms with E-state index >= 15 is 0 Å². The summed E-state index contributed by atoms with van der Waals surface area (Å²) in [5.41, 5.74) is 0.808. The number of para-hydroxylation sites is 1. The fraction of sp³-hybridized carbons (Fsp3) is 0.